The van der Waals surface area contributed by atoms with Gasteiger partial charge in [0.2, 0.25) is 0 Å². The van der Waals surface area contributed by atoms with Crippen molar-refractivity contribution in [2.75, 3.05) is 11.9 Å². The molecule has 0 aliphatic carbocycles. The summed E-state index contributed by atoms with van der Waals surface area (Å²) < 4.78 is 5.97. The molecular formula is C13H16N2O2S. The maximum atomic E-state index is 11.6. The molecule has 4 nitrogen and oxygen atoms in total. The summed E-state index contributed by atoms with van der Waals surface area (Å²) in [5, 5.41) is 4.14. The molecule has 5 heteroatoms. The van der Waals surface area contributed by atoms with Crippen LogP contribution in [0.5, 0.6) is 0 Å². The zero-order valence-corrected chi connectivity index (χ0v) is 11.5. The highest BCUT2D eigenvalue weighted by Gasteiger charge is 2.10. The van der Waals surface area contributed by atoms with Gasteiger partial charge in [-0.3, -0.25) is 0 Å². The van der Waals surface area contributed by atoms with E-state index in [2.05, 4.69) is 24.1 Å². The van der Waals surface area contributed by atoms with E-state index < -0.39 is 0 Å². The molecule has 0 aliphatic heterocycles. The van der Waals surface area contributed by atoms with Crippen LogP contribution in [-0.4, -0.2) is 23.6 Å². The van der Waals surface area contributed by atoms with Crippen molar-refractivity contribution in [2.24, 2.45) is 0 Å². The Morgan fingerprint density at radius 3 is 2.94 bits per heavy atom. The van der Waals surface area contributed by atoms with E-state index in [-0.39, 0.29) is 5.97 Å². The normalized spacial score (nSPS) is 10.9. The van der Waals surface area contributed by atoms with Gasteiger partial charge < -0.3 is 10.1 Å². The van der Waals surface area contributed by atoms with Gasteiger partial charge in [0.25, 0.3) is 0 Å². The summed E-state index contributed by atoms with van der Waals surface area (Å²) in [6.07, 6.45) is 0. The summed E-state index contributed by atoms with van der Waals surface area (Å²) in [5.41, 5.74) is 1.47. The number of ether oxygens (including phenoxy) is 1. The second-order valence-electron chi connectivity index (χ2n) is 4.22. The molecule has 0 bridgehead atoms. The van der Waals surface area contributed by atoms with Crippen molar-refractivity contribution >= 4 is 32.7 Å². The summed E-state index contributed by atoms with van der Waals surface area (Å²) in [5.74, 6) is -0.286. The van der Waals surface area contributed by atoms with Crippen LogP contribution in [0, 0.1) is 0 Å². The lowest BCUT2D eigenvalue weighted by atomic mass is 10.2. The van der Waals surface area contributed by atoms with Gasteiger partial charge in [0.15, 0.2) is 5.13 Å². The summed E-state index contributed by atoms with van der Waals surface area (Å²) in [6.45, 7) is 6.32. The first-order chi connectivity index (χ1) is 8.60. The average Bonchev–Trinajstić information content (AvgIpc) is 2.69. The molecule has 96 valence electrons. The van der Waals surface area contributed by atoms with E-state index in [0.29, 0.717) is 18.2 Å². The van der Waals surface area contributed by atoms with Crippen molar-refractivity contribution in [1.82, 2.24) is 4.98 Å². The minimum Gasteiger partial charge on any atom is -0.462 e. The third-order valence-electron chi connectivity index (χ3n) is 2.31. The van der Waals surface area contributed by atoms with Gasteiger partial charge in [-0.1, -0.05) is 11.3 Å². The number of esters is 1. The zero-order valence-electron chi connectivity index (χ0n) is 10.7. The van der Waals surface area contributed by atoms with Gasteiger partial charge in [-0.15, -0.1) is 0 Å². The van der Waals surface area contributed by atoms with Crippen molar-refractivity contribution in [3.63, 3.8) is 0 Å². The number of thiazole rings is 1. The largest absolute Gasteiger partial charge is 0.462 e. The van der Waals surface area contributed by atoms with Gasteiger partial charge in [0.05, 0.1) is 22.4 Å². The Morgan fingerprint density at radius 1 is 1.50 bits per heavy atom. The van der Waals surface area contributed by atoms with Crippen LogP contribution in [0.15, 0.2) is 18.2 Å². The number of hydrogen-bond acceptors (Lipinski definition) is 5. The lowest BCUT2D eigenvalue weighted by Crippen LogP contribution is -2.08. The standard InChI is InChI=1S/C13H16N2O2S/c1-4-17-12(16)9-5-6-10-11(7-9)18-13(15-10)14-8(2)3/h5-8H,4H2,1-3H3,(H,14,15). The SMILES string of the molecule is CCOC(=O)c1ccc2nc(NC(C)C)sc2c1. The first-order valence-corrected chi connectivity index (χ1v) is 6.76. The second-order valence-corrected chi connectivity index (χ2v) is 5.25. The molecule has 0 atom stereocenters. The van der Waals surface area contributed by atoms with Crippen molar-refractivity contribution in [1.29, 1.82) is 0 Å². The molecule has 1 N–H and O–H groups in total. The fourth-order valence-electron chi connectivity index (χ4n) is 1.57. The fraction of sp³-hybridized carbons (Fsp3) is 0.385. The van der Waals surface area contributed by atoms with Crippen LogP contribution in [0.2, 0.25) is 0 Å². The highest BCUT2D eigenvalue weighted by Crippen LogP contribution is 2.27. The van der Waals surface area contributed by atoms with Crippen LogP contribution in [0.1, 0.15) is 31.1 Å². The predicted molar refractivity (Wildman–Crippen MR) is 74.3 cm³/mol. The van der Waals surface area contributed by atoms with E-state index >= 15 is 0 Å². The van der Waals surface area contributed by atoms with Crippen LogP contribution >= 0.6 is 11.3 Å². The summed E-state index contributed by atoms with van der Waals surface area (Å²) in [7, 11) is 0. The topological polar surface area (TPSA) is 51.2 Å². The van der Waals surface area contributed by atoms with Gasteiger partial charge in [0, 0.05) is 6.04 Å². The Balaban J connectivity index is 2.30. The summed E-state index contributed by atoms with van der Waals surface area (Å²) in [6, 6.07) is 5.77. The van der Waals surface area contributed by atoms with Crippen LogP contribution in [0.4, 0.5) is 5.13 Å². The summed E-state index contributed by atoms with van der Waals surface area (Å²) >= 11 is 1.55. The van der Waals surface area contributed by atoms with Gasteiger partial charge >= 0.3 is 5.97 Å². The first kappa shape index (κ1) is 12.8. The predicted octanol–water partition coefficient (Wildman–Crippen LogP) is 3.29. The maximum Gasteiger partial charge on any atom is 0.338 e. The van der Waals surface area contributed by atoms with Crippen molar-refractivity contribution in [2.45, 2.75) is 26.8 Å². The molecule has 0 saturated heterocycles. The number of hydrogen-bond donors (Lipinski definition) is 1. The first-order valence-electron chi connectivity index (χ1n) is 5.94. The number of nitrogens with one attached hydrogen (secondary N) is 1. The quantitative estimate of drug-likeness (QED) is 0.861. The fourth-order valence-corrected chi connectivity index (χ4v) is 2.63. The van der Waals surface area contributed by atoms with Crippen molar-refractivity contribution in [3.05, 3.63) is 23.8 Å². The Kier molecular flexibility index (Phi) is 3.81. The Morgan fingerprint density at radius 2 is 2.28 bits per heavy atom. The molecule has 0 aliphatic rings. The number of aromatic nitrogens is 1. The highest BCUT2D eigenvalue weighted by atomic mass is 32.1. The highest BCUT2D eigenvalue weighted by molar-refractivity contribution is 7.22. The molecule has 1 aromatic carbocycles. The third-order valence-corrected chi connectivity index (χ3v) is 3.26. The van der Waals surface area contributed by atoms with E-state index in [1.54, 1.807) is 24.3 Å². The van der Waals surface area contributed by atoms with Crippen LogP contribution < -0.4 is 5.32 Å². The molecule has 0 saturated carbocycles. The molecule has 0 radical (unpaired) electrons. The Hall–Kier alpha value is -1.62. The van der Waals surface area contributed by atoms with Crippen molar-refractivity contribution in [3.8, 4) is 0 Å². The van der Waals surface area contributed by atoms with Crippen molar-refractivity contribution < 1.29 is 9.53 Å². The number of fused-ring (bicyclic) bond motifs is 1. The molecule has 18 heavy (non-hydrogen) atoms. The molecule has 0 amide bonds. The smallest absolute Gasteiger partial charge is 0.338 e. The summed E-state index contributed by atoms with van der Waals surface area (Å²) in [4.78, 5) is 16.1. The number of carbonyl (C=O) groups excluding carboxylic acids is 1. The van der Waals surface area contributed by atoms with Crippen LogP contribution in [0.3, 0.4) is 0 Å². The number of carbonyl (C=O) groups is 1. The van der Waals surface area contributed by atoms with Gasteiger partial charge in [-0.2, -0.15) is 0 Å². The lowest BCUT2D eigenvalue weighted by molar-refractivity contribution is 0.0526. The van der Waals surface area contributed by atoms with E-state index in [4.69, 9.17) is 4.74 Å². The monoisotopic (exact) mass is 264 g/mol. The van der Waals surface area contributed by atoms with E-state index in [9.17, 15) is 4.79 Å². The number of nitrogens with zero attached hydrogens (tertiary/aromatic N) is 1. The second kappa shape index (κ2) is 5.35. The molecule has 0 unspecified atom stereocenters. The van der Waals surface area contributed by atoms with E-state index in [1.165, 1.54) is 0 Å². The Labute approximate surface area is 110 Å². The number of anilines is 1. The number of benzene rings is 1. The minimum absolute atomic E-state index is 0.286. The van der Waals surface area contributed by atoms with Gasteiger partial charge in [-0.05, 0) is 39.0 Å². The van der Waals surface area contributed by atoms with Gasteiger partial charge in [-0.25, -0.2) is 9.78 Å². The number of rotatable bonds is 4. The average molecular weight is 264 g/mol. The lowest BCUT2D eigenvalue weighted by Gasteiger charge is -2.03. The van der Waals surface area contributed by atoms with E-state index in [1.807, 2.05) is 12.1 Å². The minimum atomic E-state index is -0.286. The molecular weight excluding hydrogens is 248 g/mol. The third kappa shape index (κ3) is 2.79. The molecule has 2 aromatic rings. The van der Waals surface area contributed by atoms with Crippen LogP contribution in [0.25, 0.3) is 10.2 Å². The van der Waals surface area contributed by atoms with Crippen LogP contribution in [-0.2, 0) is 4.74 Å². The van der Waals surface area contributed by atoms with E-state index in [0.717, 1.165) is 15.3 Å². The zero-order chi connectivity index (χ0) is 13.1. The molecule has 0 spiro atoms. The molecule has 1 aromatic heterocycles. The maximum absolute atomic E-state index is 11.6. The Bertz CT molecular complexity index is 563. The molecule has 0 fully saturated rings. The molecule has 1 heterocycles. The van der Waals surface area contributed by atoms with Gasteiger partial charge in [0.1, 0.15) is 0 Å². The molecule has 2 rings (SSSR count).